The third kappa shape index (κ3) is 4.13. The molecule has 1 atom stereocenters. The molecule has 0 radical (unpaired) electrons. The summed E-state index contributed by atoms with van der Waals surface area (Å²) in [6.45, 7) is 10.3. The van der Waals surface area contributed by atoms with Crippen LogP contribution in [0.25, 0.3) is 0 Å². The highest BCUT2D eigenvalue weighted by molar-refractivity contribution is 7.14. The van der Waals surface area contributed by atoms with Gasteiger partial charge in [-0.15, -0.1) is 11.3 Å². The zero-order valence-electron chi connectivity index (χ0n) is 10.9. The van der Waals surface area contributed by atoms with E-state index < -0.39 is 5.97 Å². The molecule has 0 saturated carbocycles. The number of carboxylic acid groups (broad SMARTS) is 1. The van der Waals surface area contributed by atoms with Gasteiger partial charge in [0.05, 0.1) is 0 Å². The van der Waals surface area contributed by atoms with Gasteiger partial charge in [0.15, 0.2) is 0 Å². The Morgan fingerprint density at radius 1 is 1.47 bits per heavy atom. The molecule has 1 rings (SSSR count). The molecule has 1 heterocycles. The summed E-state index contributed by atoms with van der Waals surface area (Å²) in [7, 11) is 0. The number of aryl methyl sites for hydroxylation is 1. The van der Waals surface area contributed by atoms with Gasteiger partial charge in [0.2, 0.25) is 0 Å². The molecule has 0 amide bonds. The first-order valence-corrected chi connectivity index (χ1v) is 6.76. The second-order valence-electron chi connectivity index (χ2n) is 4.85. The lowest BCUT2D eigenvalue weighted by Gasteiger charge is -2.15. The van der Waals surface area contributed by atoms with Crippen molar-refractivity contribution in [1.29, 1.82) is 0 Å². The second-order valence-corrected chi connectivity index (χ2v) is 6.11. The molecular weight excluding hydrogens is 234 g/mol. The molecule has 0 aliphatic carbocycles. The lowest BCUT2D eigenvalue weighted by molar-refractivity contribution is 0.0702. The van der Waals surface area contributed by atoms with Crippen molar-refractivity contribution >= 4 is 17.3 Å². The monoisotopic (exact) mass is 255 g/mol. The normalized spacial score (nSPS) is 13.0. The van der Waals surface area contributed by atoms with Gasteiger partial charge in [0, 0.05) is 11.4 Å². The molecule has 4 heteroatoms. The molecule has 1 unspecified atom stereocenters. The Hall–Kier alpha value is -0.870. The predicted molar refractivity (Wildman–Crippen MR) is 71.7 cm³/mol. The molecule has 0 fully saturated rings. The van der Waals surface area contributed by atoms with Crippen molar-refractivity contribution in [2.45, 2.75) is 34.2 Å². The molecule has 0 aliphatic heterocycles. The Morgan fingerprint density at radius 3 is 2.59 bits per heavy atom. The van der Waals surface area contributed by atoms with Crippen molar-refractivity contribution in [3.8, 4) is 0 Å². The Bertz CT molecular complexity index is 385. The van der Waals surface area contributed by atoms with Gasteiger partial charge >= 0.3 is 5.97 Å². The van der Waals surface area contributed by atoms with Crippen LogP contribution in [0, 0.1) is 18.8 Å². The van der Waals surface area contributed by atoms with Crippen molar-refractivity contribution in [3.05, 3.63) is 21.4 Å². The van der Waals surface area contributed by atoms with Crippen LogP contribution in [0.15, 0.2) is 6.07 Å². The van der Waals surface area contributed by atoms with Gasteiger partial charge in [-0.25, -0.2) is 4.79 Å². The average Bonchev–Trinajstić information content (AvgIpc) is 2.60. The standard InChI is InChI=1S/C13H21NO2S/c1-8(2)9(3)6-14-7-11-5-12(13(15)16)17-10(11)4/h5,8-9,14H,6-7H2,1-4H3,(H,15,16). The predicted octanol–water partition coefficient (Wildman–Crippen LogP) is 3.14. The topological polar surface area (TPSA) is 49.3 Å². The summed E-state index contributed by atoms with van der Waals surface area (Å²) in [6.07, 6.45) is 0. The summed E-state index contributed by atoms with van der Waals surface area (Å²) in [5, 5.41) is 12.3. The van der Waals surface area contributed by atoms with E-state index >= 15 is 0 Å². The van der Waals surface area contributed by atoms with E-state index in [-0.39, 0.29) is 0 Å². The van der Waals surface area contributed by atoms with E-state index in [1.807, 2.05) is 6.92 Å². The quantitative estimate of drug-likeness (QED) is 0.821. The van der Waals surface area contributed by atoms with Crippen LogP contribution in [0.3, 0.4) is 0 Å². The first-order chi connectivity index (χ1) is 7.91. The van der Waals surface area contributed by atoms with Gasteiger partial charge in [0.25, 0.3) is 0 Å². The minimum Gasteiger partial charge on any atom is -0.477 e. The lowest BCUT2D eigenvalue weighted by atomic mass is 9.98. The van der Waals surface area contributed by atoms with Crippen LogP contribution < -0.4 is 5.32 Å². The van der Waals surface area contributed by atoms with E-state index in [0.717, 1.165) is 23.5 Å². The van der Waals surface area contributed by atoms with Crippen LogP contribution in [-0.4, -0.2) is 17.6 Å². The summed E-state index contributed by atoms with van der Waals surface area (Å²) < 4.78 is 0. The second kappa shape index (κ2) is 6.17. The van der Waals surface area contributed by atoms with Crippen molar-refractivity contribution in [2.75, 3.05) is 6.54 Å². The number of aromatic carboxylic acids is 1. The van der Waals surface area contributed by atoms with Crippen LogP contribution in [0.4, 0.5) is 0 Å². The van der Waals surface area contributed by atoms with Gasteiger partial charge in [-0.3, -0.25) is 0 Å². The Balaban J connectivity index is 2.49. The highest BCUT2D eigenvalue weighted by atomic mass is 32.1. The summed E-state index contributed by atoms with van der Waals surface area (Å²) in [5.41, 5.74) is 1.10. The van der Waals surface area contributed by atoms with Gasteiger partial charge in [-0.2, -0.15) is 0 Å². The van der Waals surface area contributed by atoms with Crippen LogP contribution >= 0.6 is 11.3 Å². The Morgan fingerprint density at radius 2 is 2.12 bits per heavy atom. The minimum absolute atomic E-state index is 0.427. The summed E-state index contributed by atoms with van der Waals surface area (Å²) in [4.78, 5) is 12.3. The van der Waals surface area contributed by atoms with Crippen molar-refractivity contribution < 1.29 is 9.90 Å². The fourth-order valence-electron chi connectivity index (χ4n) is 1.47. The van der Waals surface area contributed by atoms with Crippen molar-refractivity contribution in [1.82, 2.24) is 5.32 Å². The molecule has 0 bridgehead atoms. The van der Waals surface area contributed by atoms with Gasteiger partial charge in [-0.1, -0.05) is 20.8 Å². The molecule has 96 valence electrons. The van der Waals surface area contributed by atoms with Gasteiger partial charge < -0.3 is 10.4 Å². The third-order valence-corrected chi connectivity index (χ3v) is 4.23. The summed E-state index contributed by atoms with van der Waals surface area (Å²) in [5.74, 6) is 0.466. The van der Waals surface area contributed by atoms with Crippen LogP contribution in [0.5, 0.6) is 0 Å². The molecule has 17 heavy (non-hydrogen) atoms. The maximum atomic E-state index is 10.8. The first-order valence-electron chi connectivity index (χ1n) is 5.95. The van der Waals surface area contributed by atoms with E-state index in [0.29, 0.717) is 16.7 Å². The number of thiophene rings is 1. The molecule has 1 aromatic heterocycles. The smallest absolute Gasteiger partial charge is 0.345 e. The van der Waals surface area contributed by atoms with E-state index in [9.17, 15) is 4.79 Å². The molecular formula is C13H21NO2S. The highest BCUT2D eigenvalue weighted by Crippen LogP contribution is 2.21. The van der Waals surface area contributed by atoms with Gasteiger partial charge in [0.1, 0.15) is 4.88 Å². The number of hydrogen-bond acceptors (Lipinski definition) is 3. The SMILES string of the molecule is Cc1sc(C(=O)O)cc1CNCC(C)C(C)C. The summed E-state index contributed by atoms with van der Waals surface area (Å²) >= 11 is 1.35. The van der Waals surface area contributed by atoms with Gasteiger partial charge in [-0.05, 0) is 36.9 Å². The van der Waals surface area contributed by atoms with E-state index in [2.05, 4.69) is 26.1 Å². The number of hydrogen-bond donors (Lipinski definition) is 2. The Kier molecular flexibility index (Phi) is 5.15. The highest BCUT2D eigenvalue weighted by Gasteiger charge is 2.11. The maximum absolute atomic E-state index is 10.8. The first kappa shape index (κ1) is 14.2. The molecule has 1 aromatic rings. The van der Waals surface area contributed by atoms with Crippen LogP contribution in [0.2, 0.25) is 0 Å². The Labute approximate surface area is 107 Å². The third-order valence-electron chi connectivity index (χ3n) is 3.15. The molecule has 0 aliphatic rings. The number of rotatable bonds is 6. The van der Waals surface area contributed by atoms with Crippen LogP contribution in [0.1, 0.15) is 40.9 Å². The zero-order valence-corrected chi connectivity index (χ0v) is 11.7. The fraction of sp³-hybridized carbons (Fsp3) is 0.615. The van der Waals surface area contributed by atoms with E-state index in [4.69, 9.17) is 5.11 Å². The van der Waals surface area contributed by atoms with E-state index in [1.54, 1.807) is 6.07 Å². The minimum atomic E-state index is -0.833. The zero-order chi connectivity index (χ0) is 13.0. The molecule has 0 spiro atoms. The number of nitrogens with one attached hydrogen (secondary N) is 1. The molecule has 3 nitrogen and oxygen atoms in total. The lowest BCUT2D eigenvalue weighted by Crippen LogP contribution is -2.23. The fourth-order valence-corrected chi connectivity index (χ4v) is 2.35. The maximum Gasteiger partial charge on any atom is 0.345 e. The summed E-state index contributed by atoms with van der Waals surface area (Å²) in [6, 6.07) is 1.77. The number of carboxylic acids is 1. The average molecular weight is 255 g/mol. The molecule has 2 N–H and O–H groups in total. The molecule has 0 aromatic carbocycles. The van der Waals surface area contributed by atoms with Crippen molar-refractivity contribution in [3.63, 3.8) is 0 Å². The molecule has 0 saturated heterocycles. The number of carbonyl (C=O) groups is 1. The van der Waals surface area contributed by atoms with Crippen LogP contribution in [-0.2, 0) is 6.54 Å². The largest absolute Gasteiger partial charge is 0.477 e. The van der Waals surface area contributed by atoms with E-state index in [1.165, 1.54) is 11.3 Å². The van der Waals surface area contributed by atoms with Crippen molar-refractivity contribution in [2.24, 2.45) is 11.8 Å².